The molecule has 0 spiro atoms. The summed E-state index contributed by atoms with van der Waals surface area (Å²) in [5, 5.41) is 0.943. The largest absolute Gasteiger partial charge is 0.326 e. The van der Waals surface area contributed by atoms with Crippen molar-refractivity contribution in [3.05, 3.63) is 40.2 Å². The van der Waals surface area contributed by atoms with Crippen LogP contribution < -0.4 is 10.6 Å². The number of aromatic nitrogens is 1. The van der Waals surface area contributed by atoms with E-state index in [9.17, 15) is 4.39 Å². The first-order valence-electron chi connectivity index (χ1n) is 6.97. The molecule has 20 heavy (non-hydrogen) atoms. The van der Waals surface area contributed by atoms with E-state index in [1.807, 2.05) is 6.07 Å². The van der Waals surface area contributed by atoms with Crippen molar-refractivity contribution in [2.45, 2.75) is 32.7 Å². The first-order chi connectivity index (χ1) is 9.72. The van der Waals surface area contributed by atoms with Crippen LogP contribution in [0.15, 0.2) is 18.2 Å². The van der Waals surface area contributed by atoms with Crippen LogP contribution >= 0.6 is 11.3 Å². The number of benzene rings is 1. The van der Waals surface area contributed by atoms with Gasteiger partial charge in [-0.15, -0.1) is 0 Å². The Labute approximate surface area is 122 Å². The van der Waals surface area contributed by atoms with Crippen LogP contribution in [-0.2, 0) is 19.4 Å². The molecule has 0 saturated carbocycles. The van der Waals surface area contributed by atoms with Crippen LogP contribution in [0, 0.1) is 5.82 Å². The molecule has 0 atom stereocenters. The summed E-state index contributed by atoms with van der Waals surface area (Å²) in [7, 11) is 0. The standard InChI is InChI=1S/C15H18FN3S/c1-2-3-12-14(9-17)20-15(18-12)19-7-6-10-4-5-11(16)8-13(10)19/h4-5,8H,2-3,6-7,9,17H2,1H3. The molecule has 0 bridgehead atoms. The smallest absolute Gasteiger partial charge is 0.190 e. The van der Waals surface area contributed by atoms with Crippen LogP contribution in [-0.4, -0.2) is 11.5 Å². The maximum atomic E-state index is 13.5. The summed E-state index contributed by atoms with van der Waals surface area (Å²) in [5.74, 6) is -0.194. The highest BCUT2D eigenvalue weighted by atomic mass is 32.1. The molecule has 0 fully saturated rings. The van der Waals surface area contributed by atoms with Crippen molar-refractivity contribution >= 4 is 22.2 Å². The lowest BCUT2D eigenvalue weighted by atomic mass is 10.2. The van der Waals surface area contributed by atoms with Crippen LogP contribution in [0.25, 0.3) is 0 Å². The van der Waals surface area contributed by atoms with E-state index >= 15 is 0 Å². The zero-order chi connectivity index (χ0) is 14.1. The van der Waals surface area contributed by atoms with Gasteiger partial charge in [-0.05, 0) is 30.5 Å². The van der Waals surface area contributed by atoms with Gasteiger partial charge in [-0.1, -0.05) is 30.7 Å². The maximum absolute atomic E-state index is 13.5. The first-order valence-corrected chi connectivity index (χ1v) is 7.79. The SMILES string of the molecule is CCCc1nc(N2CCc3ccc(F)cc32)sc1CN. The fraction of sp³-hybridized carbons (Fsp3) is 0.400. The maximum Gasteiger partial charge on any atom is 0.190 e. The van der Waals surface area contributed by atoms with Crippen molar-refractivity contribution in [1.29, 1.82) is 0 Å². The second kappa shape index (κ2) is 5.50. The zero-order valence-electron chi connectivity index (χ0n) is 11.5. The van der Waals surface area contributed by atoms with Crippen molar-refractivity contribution in [2.24, 2.45) is 5.73 Å². The molecular formula is C15H18FN3S. The monoisotopic (exact) mass is 291 g/mol. The average Bonchev–Trinajstić information content (AvgIpc) is 3.02. The average molecular weight is 291 g/mol. The number of aryl methyl sites for hydroxylation is 1. The fourth-order valence-corrected chi connectivity index (χ4v) is 3.65. The third-order valence-corrected chi connectivity index (χ3v) is 4.76. The van der Waals surface area contributed by atoms with E-state index in [-0.39, 0.29) is 5.82 Å². The number of hydrogen-bond donors (Lipinski definition) is 1. The van der Waals surface area contributed by atoms with E-state index in [4.69, 9.17) is 10.7 Å². The van der Waals surface area contributed by atoms with E-state index in [1.54, 1.807) is 17.4 Å². The van der Waals surface area contributed by atoms with Gasteiger partial charge in [-0.3, -0.25) is 0 Å². The molecule has 106 valence electrons. The minimum atomic E-state index is -0.194. The van der Waals surface area contributed by atoms with E-state index in [2.05, 4.69) is 11.8 Å². The highest BCUT2D eigenvalue weighted by molar-refractivity contribution is 7.15. The molecule has 0 amide bonds. The van der Waals surface area contributed by atoms with Crippen molar-refractivity contribution in [1.82, 2.24) is 4.98 Å². The second-order valence-corrected chi connectivity index (χ2v) is 6.06. The van der Waals surface area contributed by atoms with Gasteiger partial charge < -0.3 is 10.6 Å². The molecule has 2 heterocycles. The van der Waals surface area contributed by atoms with Gasteiger partial charge in [0.05, 0.1) is 5.69 Å². The number of nitrogens with zero attached hydrogens (tertiary/aromatic N) is 2. The van der Waals surface area contributed by atoms with E-state index in [0.717, 1.165) is 47.2 Å². The molecule has 3 rings (SSSR count). The Balaban J connectivity index is 1.97. The predicted octanol–water partition coefficient (Wildman–Crippen LogP) is 3.39. The van der Waals surface area contributed by atoms with Crippen LogP contribution in [0.5, 0.6) is 0 Å². The molecule has 0 unspecified atom stereocenters. The molecule has 2 N–H and O–H groups in total. The Morgan fingerprint density at radius 3 is 3.05 bits per heavy atom. The highest BCUT2D eigenvalue weighted by Crippen LogP contribution is 2.38. The summed E-state index contributed by atoms with van der Waals surface area (Å²) in [5.41, 5.74) is 9.04. The van der Waals surface area contributed by atoms with Gasteiger partial charge in [0.1, 0.15) is 5.82 Å². The summed E-state index contributed by atoms with van der Waals surface area (Å²) < 4.78 is 13.5. The third-order valence-electron chi connectivity index (χ3n) is 3.61. The minimum Gasteiger partial charge on any atom is -0.326 e. The number of fused-ring (bicyclic) bond motifs is 1. The van der Waals surface area contributed by atoms with E-state index in [1.165, 1.54) is 11.6 Å². The van der Waals surface area contributed by atoms with Gasteiger partial charge in [0.25, 0.3) is 0 Å². The number of halogens is 1. The molecule has 1 aliphatic rings. The molecule has 0 radical (unpaired) electrons. The lowest BCUT2D eigenvalue weighted by molar-refractivity contribution is 0.628. The van der Waals surface area contributed by atoms with Gasteiger partial charge in [0.15, 0.2) is 5.13 Å². The van der Waals surface area contributed by atoms with Gasteiger partial charge in [-0.2, -0.15) is 0 Å². The Kier molecular flexibility index (Phi) is 3.72. The normalized spacial score (nSPS) is 13.8. The predicted molar refractivity (Wildman–Crippen MR) is 81.1 cm³/mol. The number of thiazole rings is 1. The number of hydrogen-bond acceptors (Lipinski definition) is 4. The Hall–Kier alpha value is -1.46. The minimum absolute atomic E-state index is 0.194. The lowest BCUT2D eigenvalue weighted by Gasteiger charge is -2.15. The Morgan fingerprint density at radius 1 is 1.45 bits per heavy atom. The summed E-state index contributed by atoms with van der Waals surface area (Å²) in [6.07, 6.45) is 2.95. The molecular weight excluding hydrogens is 273 g/mol. The van der Waals surface area contributed by atoms with Crippen LogP contribution in [0.2, 0.25) is 0 Å². The van der Waals surface area contributed by atoms with Gasteiger partial charge >= 0.3 is 0 Å². The summed E-state index contributed by atoms with van der Waals surface area (Å²) in [6, 6.07) is 5.00. The summed E-state index contributed by atoms with van der Waals surface area (Å²) in [6.45, 7) is 3.53. The topological polar surface area (TPSA) is 42.2 Å². The molecule has 1 aromatic heterocycles. The number of nitrogens with two attached hydrogens (primary N) is 1. The zero-order valence-corrected chi connectivity index (χ0v) is 12.3. The van der Waals surface area contributed by atoms with Crippen molar-refractivity contribution in [3.63, 3.8) is 0 Å². The molecule has 1 aliphatic heterocycles. The second-order valence-electron chi connectivity index (χ2n) is 5.00. The van der Waals surface area contributed by atoms with Crippen LogP contribution in [0.3, 0.4) is 0 Å². The Bertz CT molecular complexity index is 624. The van der Waals surface area contributed by atoms with Crippen molar-refractivity contribution in [3.8, 4) is 0 Å². The molecule has 1 aromatic carbocycles. The van der Waals surface area contributed by atoms with Gasteiger partial charge in [0.2, 0.25) is 0 Å². The summed E-state index contributed by atoms with van der Waals surface area (Å²) in [4.78, 5) is 7.98. The lowest BCUT2D eigenvalue weighted by Crippen LogP contribution is -2.13. The van der Waals surface area contributed by atoms with Gasteiger partial charge in [0, 0.05) is 23.7 Å². The van der Waals surface area contributed by atoms with E-state index in [0.29, 0.717) is 6.54 Å². The molecule has 5 heteroatoms. The van der Waals surface area contributed by atoms with Crippen LogP contribution in [0.1, 0.15) is 29.5 Å². The highest BCUT2D eigenvalue weighted by Gasteiger charge is 2.24. The van der Waals surface area contributed by atoms with Crippen molar-refractivity contribution < 1.29 is 4.39 Å². The molecule has 3 nitrogen and oxygen atoms in total. The van der Waals surface area contributed by atoms with Gasteiger partial charge in [-0.25, -0.2) is 9.37 Å². The molecule has 0 aliphatic carbocycles. The van der Waals surface area contributed by atoms with Crippen molar-refractivity contribution in [2.75, 3.05) is 11.4 Å². The first kappa shape index (κ1) is 13.5. The van der Waals surface area contributed by atoms with E-state index < -0.39 is 0 Å². The quantitative estimate of drug-likeness (QED) is 0.939. The molecule has 2 aromatic rings. The number of rotatable bonds is 4. The number of anilines is 2. The van der Waals surface area contributed by atoms with Crippen LogP contribution in [0.4, 0.5) is 15.2 Å². The Morgan fingerprint density at radius 2 is 2.30 bits per heavy atom. The third kappa shape index (κ3) is 2.31. The molecule has 0 saturated heterocycles. The summed E-state index contributed by atoms with van der Waals surface area (Å²) >= 11 is 1.63. The fourth-order valence-electron chi connectivity index (χ4n) is 2.63.